The average Bonchev–Trinajstić information content (AvgIpc) is 3.35. The van der Waals surface area contributed by atoms with E-state index >= 15 is 0 Å². The van der Waals surface area contributed by atoms with Gasteiger partial charge < -0.3 is 54.1 Å². The number of carboxylic acid groups (broad SMARTS) is 2. The van der Waals surface area contributed by atoms with Crippen molar-refractivity contribution >= 4 is 41.5 Å². The molecule has 0 aliphatic heterocycles. The van der Waals surface area contributed by atoms with Crippen molar-refractivity contribution in [2.24, 2.45) is 27.9 Å². The van der Waals surface area contributed by atoms with Crippen molar-refractivity contribution in [1.82, 2.24) is 25.9 Å². The Balaban J connectivity index is 3.03. The first kappa shape index (κ1) is 32.3. The quantitative estimate of drug-likeness (QED) is 0.0467. The number of aliphatic imine (C=N–C) groups is 1. The Labute approximate surface area is 222 Å². The van der Waals surface area contributed by atoms with Gasteiger partial charge in [-0.25, -0.2) is 9.78 Å². The number of carboxylic acids is 2. The van der Waals surface area contributed by atoms with E-state index in [0.29, 0.717) is 5.69 Å². The van der Waals surface area contributed by atoms with Crippen LogP contribution in [0.2, 0.25) is 0 Å². The van der Waals surface area contributed by atoms with Gasteiger partial charge in [0.2, 0.25) is 23.6 Å². The van der Waals surface area contributed by atoms with Crippen LogP contribution in [0.4, 0.5) is 0 Å². The van der Waals surface area contributed by atoms with Gasteiger partial charge in [0, 0.05) is 31.3 Å². The van der Waals surface area contributed by atoms with Gasteiger partial charge in [-0.05, 0) is 19.3 Å². The molecule has 1 aromatic heterocycles. The molecule has 0 aliphatic carbocycles. The summed E-state index contributed by atoms with van der Waals surface area (Å²) in [6.07, 6.45) is 1.46. The van der Waals surface area contributed by atoms with Crippen LogP contribution in [-0.2, 0) is 35.2 Å². The molecular formula is C21H34N10O8. The van der Waals surface area contributed by atoms with E-state index in [9.17, 15) is 39.0 Å². The minimum Gasteiger partial charge on any atom is -0.481 e. The van der Waals surface area contributed by atoms with Crippen LogP contribution in [0, 0.1) is 0 Å². The Morgan fingerprint density at radius 1 is 0.923 bits per heavy atom. The summed E-state index contributed by atoms with van der Waals surface area (Å²) in [5.41, 5.74) is 21.6. The van der Waals surface area contributed by atoms with E-state index in [-0.39, 0.29) is 44.6 Å². The zero-order valence-corrected chi connectivity index (χ0v) is 21.0. The zero-order chi connectivity index (χ0) is 29.5. The summed E-state index contributed by atoms with van der Waals surface area (Å²) in [5.74, 6) is -6.54. The molecule has 0 radical (unpaired) electrons. The molecule has 4 atom stereocenters. The molecule has 14 N–H and O–H groups in total. The van der Waals surface area contributed by atoms with Gasteiger partial charge in [0.25, 0.3) is 0 Å². The van der Waals surface area contributed by atoms with E-state index < -0.39 is 66.2 Å². The first-order valence-electron chi connectivity index (χ1n) is 11.7. The van der Waals surface area contributed by atoms with Crippen LogP contribution >= 0.6 is 0 Å². The third-order valence-electron chi connectivity index (χ3n) is 5.22. The number of aliphatic carboxylic acids is 2. The van der Waals surface area contributed by atoms with E-state index in [1.54, 1.807) is 0 Å². The van der Waals surface area contributed by atoms with E-state index in [0.717, 1.165) is 0 Å². The molecule has 0 aromatic carbocycles. The first-order chi connectivity index (χ1) is 18.3. The van der Waals surface area contributed by atoms with Crippen LogP contribution in [0.3, 0.4) is 0 Å². The molecule has 0 spiro atoms. The minimum absolute atomic E-state index is 0.0382. The van der Waals surface area contributed by atoms with E-state index in [1.807, 2.05) is 0 Å². The number of nitrogens with two attached hydrogens (primary N) is 4. The number of hydrogen-bond donors (Lipinski definition) is 10. The summed E-state index contributed by atoms with van der Waals surface area (Å²) < 4.78 is 0. The maximum Gasteiger partial charge on any atom is 0.326 e. The smallest absolute Gasteiger partial charge is 0.326 e. The lowest BCUT2D eigenvalue weighted by molar-refractivity contribution is -0.143. The summed E-state index contributed by atoms with van der Waals surface area (Å²) in [5, 5.41) is 25.6. The standard InChI is InChI=1S/C21H34N10O8/c22-11(3-4-15(23)32)17(35)30-14(7-16(33)34)19(37)31-13(6-10-8-26-9-28-10)18(36)29-12(20(38)39)2-1-5-27-21(24)25/h8-9,11-14H,1-7,22H2,(H2,23,32)(H,26,28)(H,29,36)(H,30,35)(H,31,37)(H,33,34)(H,38,39)(H4,24,25,27). The molecule has 0 fully saturated rings. The maximum atomic E-state index is 13.0. The number of hydrogen-bond acceptors (Lipinski definition) is 9. The monoisotopic (exact) mass is 554 g/mol. The maximum absolute atomic E-state index is 13.0. The van der Waals surface area contributed by atoms with Gasteiger partial charge >= 0.3 is 11.9 Å². The van der Waals surface area contributed by atoms with E-state index in [1.165, 1.54) is 12.5 Å². The number of primary amides is 1. The largest absolute Gasteiger partial charge is 0.481 e. The van der Waals surface area contributed by atoms with Crippen molar-refractivity contribution in [2.45, 2.75) is 62.7 Å². The molecule has 18 heteroatoms. The molecule has 216 valence electrons. The topological polar surface area (TPSA) is 324 Å². The Hall–Kier alpha value is -4.74. The van der Waals surface area contributed by atoms with Crippen molar-refractivity contribution in [2.75, 3.05) is 6.54 Å². The first-order valence-corrected chi connectivity index (χ1v) is 11.7. The van der Waals surface area contributed by atoms with Crippen molar-refractivity contribution in [3.8, 4) is 0 Å². The van der Waals surface area contributed by atoms with Crippen LogP contribution in [0.5, 0.6) is 0 Å². The molecule has 0 bridgehead atoms. The number of nitrogens with one attached hydrogen (secondary N) is 4. The molecule has 18 nitrogen and oxygen atoms in total. The highest BCUT2D eigenvalue weighted by Gasteiger charge is 2.31. The fourth-order valence-electron chi connectivity index (χ4n) is 3.22. The van der Waals surface area contributed by atoms with Crippen LogP contribution in [-0.4, -0.2) is 92.4 Å². The number of imidazole rings is 1. The summed E-state index contributed by atoms with van der Waals surface area (Å²) >= 11 is 0. The molecule has 4 unspecified atom stereocenters. The highest BCUT2D eigenvalue weighted by molar-refractivity contribution is 5.95. The third-order valence-corrected chi connectivity index (χ3v) is 5.22. The average molecular weight is 555 g/mol. The predicted molar refractivity (Wildman–Crippen MR) is 134 cm³/mol. The third kappa shape index (κ3) is 12.9. The van der Waals surface area contributed by atoms with Crippen molar-refractivity contribution in [1.29, 1.82) is 0 Å². The summed E-state index contributed by atoms with van der Waals surface area (Å²) in [7, 11) is 0. The number of aromatic amines is 1. The normalized spacial score (nSPS) is 13.7. The highest BCUT2D eigenvalue weighted by atomic mass is 16.4. The minimum atomic E-state index is -1.65. The summed E-state index contributed by atoms with van der Waals surface area (Å²) in [6, 6.07) is -5.66. The fourth-order valence-corrected chi connectivity index (χ4v) is 3.22. The van der Waals surface area contributed by atoms with Gasteiger partial charge in [-0.1, -0.05) is 0 Å². The van der Waals surface area contributed by atoms with Crippen molar-refractivity contribution in [3.63, 3.8) is 0 Å². The molecule has 39 heavy (non-hydrogen) atoms. The molecule has 1 aromatic rings. The van der Waals surface area contributed by atoms with E-state index in [4.69, 9.17) is 22.9 Å². The molecule has 0 saturated heterocycles. The fraction of sp³-hybridized carbons (Fsp3) is 0.524. The van der Waals surface area contributed by atoms with Crippen LogP contribution in [0.25, 0.3) is 0 Å². The molecule has 4 amide bonds. The van der Waals surface area contributed by atoms with Crippen molar-refractivity contribution in [3.05, 3.63) is 18.2 Å². The number of amides is 4. The molecule has 1 rings (SSSR count). The Morgan fingerprint density at radius 3 is 2.08 bits per heavy atom. The Morgan fingerprint density at radius 2 is 1.54 bits per heavy atom. The van der Waals surface area contributed by atoms with Gasteiger partial charge in [-0.3, -0.25) is 29.0 Å². The molecule has 0 saturated carbocycles. The Bertz CT molecular complexity index is 1040. The second-order valence-electron chi connectivity index (χ2n) is 8.46. The van der Waals surface area contributed by atoms with Crippen LogP contribution < -0.4 is 38.9 Å². The summed E-state index contributed by atoms with van der Waals surface area (Å²) in [6.45, 7) is 0.119. The number of guanidine groups is 1. The number of nitrogens with zero attached hydrogens (tertiary/aromatic N) is 2. The lowest BCUT2D eigenvalue weighted by Crippen LogP contribution is -2.58. The lowest BCUT2D eigenvalue weighted by atomic mass is 10.1. The number of rotatable bonds is 18. The molecule has 0 aliphatic rings. The highest BCUT2D eigenvalue weighted by Crippen LogP contribution is 2.05. The van der Waals surface area contributed by atoms with Crippen LogP contribution in [0.15, 0.2) is 17.5 Å². The Kier molecular flexibility index (Phi) is 13.4. The number of carbonyl (C=O) groups excluding carboxylic acids is 4. The van der Waals surface area contributed by atoms with Gasteiger partial charge in [0.05, 0.1) is 18.8 Å². The van der Waals surface area contributed by atoms with Crippen molar-refractivity contribution < 1.29 is 39.0 Å². The number of carbonyl (C=O) groups is 6. The molecule has 1 heterocycles. The summed E-state index contributed by atoms with van der Waals surface area (Å²) in [4.78, 5) is 82.6. The second-order valence-corrected chi connectivity index (χ2v) is 8.46. The van der Waals surface area contributed by atoms with Crippen LogP contribution in [0.1, 0.15) is 37.8 Å². The van der Waals surface area contributed by atoms with Gasteiger partial charge in [-0.15, -0.1) is 0 Å². The van der Waals surface area contributed by atoms with E-state index in [2.05, 4.69) is 30.9 Å². The lowest BCUT2D eigenvalue weighted by Gasteiger charge is -2.24. The molecular weight excluding hydrogens is 520 g/mol. The predicted octanol–water partition coefficient (Wildman–Crippen LogP) is -4.39. The second kappa shape index (κ2) is 16.2. The van der Waals surface area contributed by atoms with Gasteiger partial charge in [0.1, 0.15) is 18.1 Å². The number of aromatic nitrogens is 2. The zero-order valence-electron chi connectivity index (χ0n) is 21.0. The van der Waals surface area contributed by atoms with Gasteiger partial charge in [-0.2, -0.15) is 0 Å². The number of H-pyrrole nitrogens is 1. The SMILES string of the molecule is NC(=O)CCC(N)C(=O)NC(CC(=O)O)C(=O)NC(Cc1cnc[nH]1)C(=O)NC(CCCN=C(N)N)C(=O)O. The van der Waals surface area contributed by atoms with Gasteiger partial charge in [0.15, 0.2) is 5.96 Å².